The zero-order valence-corrected chi connectivity index (χ0v) is 10.8. The lowest BCUT2D eigenvalue weighted by Gasteiger charge is -2.04. The SMILES string of the molecule is Cc1ccc(S(=O)Cc2ccc(N)c(F)c2)cc1. The first kappa shape index (κ1) is 12.8. The van der Waals surface area contributed by atoms with E-state index in [1.807, 2.05) is 31.2 Å². The first-order valence-electron chi connectivity index (χ1n) is 5.55. The summed E-state index contributed by atoms with van der Waals surface area (Å²) in [6, 6.07) is 12.0. The van der Waals surface area contributed by atoms with Gasteiger partial charge in [-0.15, -0.1) is 0 Å². The molecule has 2 aromatic rings. The average molecular weight is 263 g/mol. The molecule has 0 aliphatic rings. The Kier molecular flexibility index (Phi) is 3.77. The summed E-state index contributed by atoms with van der Waals surface area (Å²) < 4.78 is 25.3. The topological polar surface area (TPSA) is 43.1 Å². The number of benzene rings is 2. The summed E-state index contributed by atoms with van der Waals surface area (Å²) in [6.07, 6.45) is 0. The summed E-state index contributed by atoms with van der Waals surface area (Å²) >= 11 is 0. The van der Waals surface area contributed by atoms with E-state index in [0.717, 1.165) is 10.5 Å². The predicted octanol–water partition coefficient (Wildman–Crippen LogP) is 3.02. The van der Waals surface area contributed by atoms with E-state index in [0.29, 0.717) is 11.3 Å². The second-order valence-corrected chi connectivity index (χ2v) is 5.61. The molecule has 18 heavy (non-hydrogen) atoms. The summed E-state index contributed by atoms with van der Waals surface area (Å²) in [4.78, 5) is 0.748. The molecule has 0 heterocycles. The van der Waals surface area contributed by atoms with Crippen molar-refractivity contribution in [1.29, 1.82) is 0 Å². The average Bonchev–Trinajstić information content (AvgIpc) is 2.34. The van der Waals surface area contributed by atoms with E-state index in [2.05, 4.69) is 0 Å². The number of halogens is 1. The number of hydrogen-bond donors (Lipinski definition) is 1. The molecule has 0 aliphatic heterocycles. The molecule has 0 saturated carbocycles. The van der Waals surface area contributed by atoms with Gasteiger partial charge in [0.1, 0.15) is 5.82 Å². The van der Waals surface area contributed by atoms with Crippen LogP contribution in [0.4, 0.5) is 10.1 Å². The smallest absolute Gasteiger partial charge is 0.146 e. The van der Waals surface area contributed by atoms with Crippen molar-refractivity contribution in [2.45, 2.75) is 17.6 Å². The van der Waals surface area contributed by atoms with Gasteiger partial charge in [0, 0.05) is 4.90 Å². The highest BCUT2D eigenvalue weighted by Crippen LogP contribution is 2.16. The molecule has 4 heteroatoms. The number of anilines is 1. The summed E-state index contributed by atoms with van der Waals surface area (Å²) in [6.45, 7) is 1.97. The molecule has 0 aromatic heterocycles. The Balaban J connectivity index is 2.16. The minimum Gasteiger partial charge on any atom is -0.396 e. The van der Waals surface area contributed by atoms with Gasteiger partial charge in [0.15, 0.2) is 0 Å². The van der Waals surface area contributed by atoms with Crippen molar-refractivity contribution in [3.05, 3.63) is 59.4 Å². The van der Waals surface area contributed by atoms with Gasteiger partial charge in [-0.3, -0.25) is 4.21 Å². The molecule has 0 bridgehead atoms. The van der Waals surface area contributed by atoms with E-state index >= 15 is 0 Å². The zero-order valence-electron chi connectivity index (χ0n) is 10.0. The molecular formula is C14H14FNOS. The third-order valence-electron chi connectivity index (χ3n) is 2.65. The van der Waals surface area contributed by atoms with Crippen LogP contribution in [0.5, 0.6) is 0 Å². The maximum Gasteiger partial charge on any atom is 0.146 e. The Morgan fingerprint density at radius 2 is 1.83 bits per heavy atom. The molecule has 1 unspecified atom stereocenters. The van der Waals surface area contributed by atoms with Crippen LogP contribution in [0.3, 0.4) is 0 Å². The summed E-state index contributed by atoms with van der Waals surface area (Å²) in [5, 5.41) is 0. The van der Waals surface area contributed by atoms with Crippen LogP contribution in [-0.4, -0.2) is 4.21 Å². The number of rotatable bonds is 3. The van der Waals surface area contributed by atoms with Crippen molar-refractivity contribution < 1.29 is 8.60 Å². The van der Waals surface area contributed by atoms with Crippen molar-refractivity contribution in [2.75, 3.05) is 5.73 Å². The summed E-state index contributed by atoms with van der Waals surface area (Å²) in [5.41, 5.74) is 7.31. The van der Waals surface area contributed by atoms with E-state index in [-0.39, 0.29) is 5.69 Å². The van der Waals surface area contributed by atoms with Gasteiger partial charge in [-0.2, -0.15) is 0 Å². The van der Waals surface area contributed by atoms with Crippen LogP contribution in [-0.2, 0) is 16.6 Å². The zero-order chi connectivity index (χ0) is 13.1. The molecule has 0 saturated heterocycles. The van der Waals surface area contributed by atoms with Gasteiger partial charge < -0.3 is 5.73 Å². The largest absolute Gasteiger partial charge is 0.396 e. The highest BCUT2D eigenvalue weighted by Gasteiger charge is 2.07. The van der Waals surface area contributed by atoms with Crippen molar-refractivity contribution in [3.63, 3.8) is 0 Å². The molecule has 2 aromatic carbocycles. The molecule has 2 N–H and O–H groups in total. The molecule has 0 spiro atoms. The molecule has 0 aliphatic carbocycles. The Hall–Kier alpha value is -1.68. The molecular weight excluding hydrogens is 249 g/mol. The lowest BCUT2D eigenvalue weighted by molar-refractivity contribution is 0.631. The van der Waals surface area contributed by atoms with Crippen LogP contribution in [0.25, 0.3) is 0 Å². The molecule has 2 rings (SSSR count). The molecule has 94 valence electrons. The Morgan fingerprint density at radius 3 is 2.44 bits per heavy atom. The minimum absolute atomic E-state index is 0.111. The van der Waals surface area contributed by atoms with Gasteiger partial charge in [-0.25, -0.2) is 4.39 Å². The molecule has 1 atom stereocenters. The second kappa shape index (κ2) is 5.31. The summed E-state index contributed by atoms with van der Waals surface area (Å²) in [7, 11) is -1.17. The number of nitrogens with two attached hydrogens (primary N) is 1. The van der Waals surface area contributed by atoms with Crippen LogP contribution in [0.15, 0.2) is 47.4 Å². The fourth-order valence-electron chi connectivity index (χ4n) is 1.59. The number of nitrogen functional groups attached to an aromatic ring is 1. The summed E-state index contributed by atoms with van der Waals surface area (Å²) in [5.74, 6) is -0.173. The lowest BCUT2D eigenvalue weighted by Crippen LogP contribution is -1.98. The second-order valence-electron chi connectivity index (χ2n) is 4.16. The minimum atomic E-state index is -1.17. The van der Waals surface area contributed by atoms with E-state index in [1.54, 1.807) is 6.07 Å². The molecule has 2 nitrogen and oxygen atoms in total. The third kappa shape index (κ3) is 2.96. The first-order chi connectivity index (χ1) is 8.56. The quantitative estimate of drug-likeness (QED) is 0.865. The van der Waals surface area contributed by atoms with Crippen molar-refractivity contribution in [3.8, 4) is 0 Å². The van der Waals surface area contributed by atoms with E-state index in [1.165, 1.54) is 12.1 Å². The fourth-order valence-corrected chi connectivity index (χ4v) is 2.67. The Bertz CT molecular complexity index is 581. The standard InChI is InChI=1S/C14H14FNOS/c1-10-2-5-12(6-3-10)18(17)9-11-4-7-14(16)13(15)8-11/h2-8H,9,16H2,1H3. The Labute approximate surface area is 108 Å². The van der Waals surface area contributed by atoms with E-state index in [9.17, 15) is 8.60 Å². The molecule has 0 fully saturated rings. The van der Waals surface area contributed by atoms with Crippen LogP contribution in [0.1, 0.15) is 11.1 Å². The lowest BCUT2D eigenvalue weighted by atomic mass is 10.2. The first-order valence-corrected chi connectivity index (χ1v) is 6.87. The van der Waals surface area contributed by atoms with Crippen LogP contribution < -0.4 is 5.73 Å². The highest BCUT2D eigenvalue weighted by molar-refractivity contribution is 7.84. The maximum absolute atomic E-state index is 13.3. The monoisotopic (exact) mass is 263 g/mol. The maximum atomic E-state index is 13.3. The van der Waals surface area contributed by atoms with Crippen LogP contribution in [0.2, 0.25) is 0 Å². The Morgan fingerprint density at radius 1 is 1.17 bits per heavy atom. The van der Waals surface area contributed by atoms with Crippen LogP contribution >= 0.6 is 0 Å². The van der Waals surface area contributed by atoms with E-state index < -0.39 is 16.6 Å². The highest BCUT2D eigenvalue weighted by atomic mass is 32.2. The molecule has 0 radical (unpaired) electrons. The third-order valence-corrected chi connectivity index (χ3v) is 4.04. The van der Waals surface area contributed by atoms with Gasteiger partial charge in [0.05, 0.1) is 22.2 Å². The van der Waals surface area contributed by atoms with Gasteiger partial charge >= 0.3 is 0 Å². The number of hydrogen-bond acceptors (Lipinski definition) is 2. The van der Waals surface area contributed by atoms with Gasteiger partial charge in [0.25, 0.3) is 0 Å². The van der Waals surface area contributed by atoms with Gasteiger partial charge in [-0.1, -0.05) is 23.8 Å². The van der Waals surface area contributed by atoms with Crippen molar-refractivity contribution >= 4 is 16.5 Å². The fraction of sp³-hybridized carbons (Fsp3) is 0.143. The van der Waals surface area contributed by atoms with Gasteiger partial charge in [0.2, 0.25) is 0 Å². The van der Waals surface area contributed by atoms with E-state index in [4.69, 9.17) is 5.73 Å². The van der Waals surface area contributed by atoms with Crippen molar-refractivity contribution in [2.24, 2.45) is 0 Å². The molecule has 0 amide bonds. The van der Waals surface area contributed by atoms with Gasteiger partial charge in [-0.05, 0) is 36.8 Å². The normalized spacial score (nSPS) is 12.3. The number of aryl methyl sites for hydroxylation is 1. The van der Waals surface area contributed by atoms with Crippen molar-refractivity contribution in [1.82, 2.24) is 0 Å². The predicted molar refractivity (Wildman–Crippen MR) is 72.1 cm³/mol. The van der Waals surface area contributed by atoms with Crippen LogP contribution in [0, 0.1) is 12.7 Å².